The molecule has 1 aromatic carbocycles. The topological polar surface area (TPSA) is 49.3 Å². The number of hydrogen-bond acceptors (Lipinski definition) is 2. The van der Waals surface area contributed by atoms with Gasteiger partial charge < -0.3 is 10.4 Å². The largest absolute Gasteiger partial charge is 0.390 e. The molecule has 0 aliphatic carbocycles. The van der Waals surface area contributed by atoms with Gasteiger partial charge in [-0.15, -0.1) is 0 Å². The second kappa shape index (κ2) is 4.94. The van der Waals surface area contributed by atoms with Gasteiger partial charge in [-0.25, -0.2) is 0 Å². The molecule has 2 N–H and O–H groups in total. The number of benzene rings is 1. The smallest absolute Gasteiger partial charge is 0.224 e. The van der Waals surface area contributed by atoms with Crippen LogP contribution in [0.2, 0.25) is 0 Å². The molecule has 0 aromatic heterocycles. The Balaban J connectivity index is 2.38. The molecule has 1 rings (SSSR count). The average Bonchev–Trinajstić information content (AvgIpc) is 2.15. The Morgan fingerprint density at radius 1 is 1.33 bits per heavy atom. The van der Waals surface area contributed by atoms with Crippen LogP contribution >= 0.6 is 0 Å². The lowest BCUT2D eigenvalue weighted by molar-refractivity contribution is -0.117. The predicted octanol–water partition coefficient (Wildman–Crippen LogP) is 2.18. The summed E-state index contributed by atoms with van der Waals surface area (Å²) in [6, 6.07) is 9.30. The maximum absolute atomic E-state index is 11.4. The van der Waals surface area contributed by atoms with Crippen molar-refractivity contribution in [3.8, 4) is 0 Å². The van der Waals surface area contributed by atoms with Crippen LogP contribution in [0.1, 0.15) is 26.7 Å². The van der Waals surface area contributed by atoms with Crippen molar-refractivity contribution in [1.29, 1.82) is 0 Å². The molecule has 15 heavy (non-hydrogen) atoms. The molecular weight excluding hydrogens is 190 g/mol. The Hall–Kier alpha value is -1.35. The number of rotatable bonds is 4. The van der Waals surface area contributed by atoms with Gasteiger partial charge in [0.25, 0.3) is 0 Å². The summed E-state index contributed by atoms with van der Waals surface area (Å²) >= 11 is 0. The number of nitrogens with one attached hydrogen (secondary N) is 1. The summed E-state index contributed by atoms with van der Waals surface area (Å²) in [7, 11) is 0. The van der Waals surface area contributed by atoms with E-state index < -0.39 is 5.60 Å². The van der Waals surface area contributed by atoms with Gasteiger partial charge in [0.1, 0.15) is 0 Å². The first-order valence-electron chi connectivity index (χ1n) is 5.05. The summed E-state index contributed by atoms with van der Waals surface area (Å²) < 4.78 is 0. The van der Waals surface area contributed by atoms with Crippen molar-refractivity contribution in [2.45, 2.75) is 32.3 Å². The van der Waals surface area contributed by atoms with E-state index in [4.69, 9.17) is 0 Å². The van der Waals surface area contributed by atoms with E-state index in [-0.39, 0.29) is 5.91 Å². The van der Waals surface area contributed by atoms with E-state index in [1.807, 2.05) is 30.3 Å². The van der Waals surface area contributed by atoms with Crippen LogP contribution in [0, 0.1) is 0 Å². The molecule has 0 bridgehead atoms. The van der Waals surface area contributed by atoms with E-state index in [2.05, 4.69) is 5.32 Å². The van der Waals surface area contributed by atoms with Crippen molar-refractivity contribution in [3.05, 3.63) is 30.3 Å². The van der Waals surface area contributed by atoms with Crippen LogP contribution in [-0.4, -0.2) is 16.6 Å². The Kier molecular flexibility index (Phi) is 3.86. The van der Waals surface area contributed by atoms with Gasteiger partial charge in [0, 0.05) is 12.1 Å². The first-order chi connectivity index (χ1) is 6.97. The minimum absolute atomic E-state index is 0.0664. The number of anilines is 1. The molecular formula is C12H17NO2. The summed E-state index contributed by atoms with van der Waals surface area (Å²) in [6.07, 6.45) is 0.796. The quantitative estimate of drug-likeness (QED) is 0.795. The van der Waals surface area contributed by atoms with Gasteiger partial charge in [-0.05, 0) is 32.4 Å². The van der Waals surface area contributed by atoms with Gasteiger partial charge in [0.2, 0.25) is 5.91 Å². The normalized spacial score (nSPS) is 11.1. The highest BCUT2D eigenvalue weighted by Gasteiger charge is 2.14. The summed E-state index contributed by atoms with van der Waals surface area (Å²) in [5, 5.41) is 12.2. The third kappa shape index (κ3) is 5.18. The van der Waals surface area contributed by atoms with E-state index in [0.717, 1.165) is 5.69 Å². The summed E-state index contributed by atoms with van der Waals surface area (Å²) in [4.78, 5) is 11.4. The molecule has 0 aliphatic rings. The lowest BCUT2D eigenvalue weighted by Crippen LogP contribution is -2.22. The third-order valence-corrected chi connectivity index (χ3v) is 2.02. The number of amides is 1. The molecule has 0 heterocycles. The molecule has 0 saturated heterocycles. The lowest BCUT2D eigenvalue weighted by atomic mass is 10.0. The number of carbonyl (C=O) groups is 1. The molecule has 0 spiro atoms. The maximum Gasteiger partial charge on any atom is 0.224 e. The van der Waals surface area contributed by atoms with E-state index in [1.54, 1.807) is 13.8 Å². The van der Waals surface area contributed by atoms with E-state index in [9.17, 15) is 9.90 Å². The molecule has 3 nitrogen and oxygen atoms in total. The van der Waals surface area contributed by atoms with Crippen LogP contribution in [0.4, 0.5) is 5.69 Å². The Morgan fingerprint density at radius 3 is 2.47 bits per heavy atom. The number of carbonyl (C=O) groups excluding carboxylic acids is 1. The number of hydrogen-bond donors (Lipinski definition) is 2. The molecule has 1 amide bonds. The summed E-state index contributed by atoms with van der Waals surface area (Å²) in [5.74, 6) is -0.0664. The lowest BCUT2D eigenvalue weighted by Gasteiger charge is -2.16. The van der Waals surface area contributed by atoms with Gasteiger partial charge >= 0.3 is 0 Å². The minimum Gasteiger partial charge on any atom is -0.390 e. The standard InChI is InChI=1S/C12H17NO2/c1-12(2,15)9-8-11(14)13-10-6-4-3-5-7-10/h3-7,15H,8-9H2,1-2H3,(H,13,14). The van der Waals surface area contributed by atoms with Gasteiger partial charge in [0.15, 0.2) is 0 Å². The molecule has 0 radical (unpaired) electrons. The van der Waals surface area contributed by atoms with Crippen LogP contribution in [0.25, 0.3) is 0 Å². The van der Waals surface area contributed by atoms with Crippen LogP contribution in [0.15, 0.2) is 30.3 Å². The molecule has 0 saturated carbocycles. The minimum atomic E-state index is -0.784. The van der Waals surface area contributed by atoms with E-state index in [1.165, 1.54) is 0 Å². The van der Waals surface area contributed by atoms with E-state index in [0.29, 0.717) is 12.8 Å². The maximum atomic E-state index is 11.4. The fraction of sp³-hybridized carbons (Fsp3) is 0.417. The van der Waals surface area contributed by atoms with Crippen LogP contribution in [0.5, 0.6) is 0 Å². The first kappa shape index (κ1) is 11.7. The SMILES string of the molecule is CC(C)(O)CCC(=O)Nc1ccccc1. The van der Waals surface area contributed by atoms with Crippen molar-refractivity contribution < 1.29 is 9.90 Å². The van der Waals surface area contributed by atoms with Crippen molar-refractivity contribution in [2.75, 3.05) is 5.32 Å². The van der Waals surface area contributed by atoms with Gasteiger partial charge in [-0.1, -0.05) is 18.2 Å². The zero-order chi connectivity index (χ0) is 11.3. The van der Waals surface area contributed by atoms with Gasteiger partial charge in [0.05, 0.1) is 5.60 Å². The fourth-order valence-corrected chi connectivity index (χ4v) is 1.16. The fourth-order valence-electron chi connectivity index (χ4n) is 1.16. The van der Waals surface area contributed by atoms with Crippen molar-refractivity contribution in [3.63, 3.8) is 0 Å². The zero-order valence-corrected chi connectivity index (χ0v) is 9.16. The highest BCUT2D eigenvalue weighted by atomic mass is 16.3. The third-order valence-electron chi connectivity index (χ3n) is 2.02. The monoisotopic (exact) mass is 207 g/mol. The van der Waals surface area contributed by atoms with Crippen molar-refractivity contribution in [1.82, 2.24) is 0 Å². The van der Waals surface area contributed by atoms with Crippen molar-refractivity contribution >= 4 is 11.6 Å². The van der Waals surface area contributed by atoms with Gasteiger partial charge in [-0.2, -0.15) is 0 Å². The number of para-hydroxylation sites is 1. The van der Waals surface area contributed by atoms with Crippen molar-refractivity contribution in [2.24, 2.45) is 0 Å². The second-order valence-electron chi connectivity index (χ2n) is 4.23. The first-order valence-corrected chi connectivity index (χ1v) is 5.05. The molecule has 82 valence electrons. The number of aliphatic hydroxyl groups is 1. The Labute approximate surface area is 90.1 Å². The Morgan fingerprint density at radius 2 is 1.93 bits per heavy atom. The van der Waals surface area contributed by atoms with Gasteiger partial charge in [-0.3, -0.25) is 4.79 Å². The average molecular weight is 207 g/mol. The highest BCUT2D eigenvalue weighted by molar-refractivity contribution is 5.90. The summed E-state index contributed by atoms with van der Waals surface area (Å²) in [6.45, 7) is 3.39. The zero-order valence-electron chi connectivity index (χ0n) is 9.16. The molecule has 0 fully saturated rings. The highest BCUT2D eigenvalue weighted by Crippen LogP contribution is 2.12. The van der Waals surface area contributed by atoms with E-state index >= 15 is 0 Å². The Bertz CT molecular complexity index is 314. The second-order valence-corrected chi connectivity index (χ2v) is 4.23. The molecule has 3 heteroatoms. The van der Waals surface area contributed by atoms with Crippen LogP contribution < -0.4 is 5.32 Å². The van der Waals surface area contributed by atoms with Crippen LogP contribution in [0.3, 0.4) is 0 Å². The predicted molar refractivity (Wildman–Crippen MR) is 60.6 cm³/mol. The molecule has 1 aromatic rings. The summed E-state index contributed by atoms with van der Waals surface area (Å²) in [5.41, 5.74) is 0.00634. The molecule has 0 unspecified atom stereocenters. The molecule has 0 aliphatic heterocycles. The molecule has 0 atom stereocenters. The van der Waals surface area contributed by atoms with Crippen LogP contribution in [-0.2, 0) is 4.79 Å².